The van der Waals surface area contributed by atoms with Gasteiger partial charge in [-0.2, -0.15) is 5.10 Å². The van der Waals surface area contributed by atoms with E-state index < -0.39 is 0 Å². The van der Waals surface area contributed by atoms with E-state index in [1.54, 1.807) is 14.2 Å². The summed E-state index contributed by atoms with van der Waals surface area (Å²) in [5.41, 5.74) is 2.19. The second kappa shape index (κ2) is 7.64. The van der Waals surface area contributed by atoms with Gasteiger partial charge < -0.3 is 9.47 Å². The molecule has 0 aliphatic heterocycles. The number of nitrogens with zero attached hydrogens (tertiary/aromatic N) is 2. The maximum absolute atomic E-state index is 5.32. The van der Waals surface area contributed by atoms with Crippen molar-refractivity contribution in [1.82, 2.24) is 15.2 Å². The van der Waals surface area contributed by atoms with Gasteiger partial charge in [0.15, 0.2) is 17.3 Å². The lowest BCUT2D eigenvalue weighted by Crippen LogP contribution is -1.91. The maximum atomic E-state index is 5.32. The van der Waals surface area contributed by atoms with Gasteiger partial charge in [-0.05, 0) is 36.6 Å². The second-order valence-electron chi connectivity index (χ2n) is 5.34. The Labute approximate surface area is 141 Å². The van der Waals surface area contributed by atoms with Gasteiger partial charge in [0.1, 0.15) is 5.82 Å². The van der Waals surface area contributed by atoms with E-state index in [2.05, 4.69) is 45.9 Å². The summed E-state index contributed by atoms with van der Waals surface area (Å²) in [6.07, 6.45) is 3.95. The molecule has 0 unspecified atom stereocenters. The summed E-state index contributed by atoms with van der Waals surface area (Å²) in [4.78, 5) is 4.52. The molecule has 123 valence electrons. The van der Waals surface area contributed by atoms with Gasteiger partial charge in [-0.15, -0.1) is 0 Å². The number of hydrogen-bond acceptors (Lipinski definition) is 4. The highest BCUT2D eigenvalue weighted by atomic mass is 16.5. The molecule has 2 aromatic carbocycles. The van der Waals surface area contributed by atoms with Crippen molar-refractivity contribution in [2.75, 3.05) is 14.2 Å². The van der Waals surface area contributed by atoms with Crippen molar-refractivity contribution in [2.45, 2.75) is 12.8 Å². The highest BCUT2D eigenvalue weighted by Gasteiger charge is 2.10. The highest BCUT2D eigenvalue weighted by molar-refractivity contribution is 5.61. The SMILES string of the molecule is COc1ccc(-c2n[nH]c([CH]CCc3ccccc3)n2)cc1OC. The van der Waals surface area contributed by atoms with Gasteiger partial charge in [0.25, 0.3) is 0 Å². The molecule has 0 fully saturated rings. The fourth-order valence-corrected chi connectivity index (χ4v) is 2.49. The fraction of sp³-hybridized carbons (Fsp3) is 0.211. The van der Waals surface area contributed by atoms with Crippen molar-refractivity contribution in [2.24, 2.45) is 0 Å². The van der Waals surface area contributed by atoms with Gasteiger partial charge in [0, 0.05) is 12.0 Å². The largest absolute Gasteiger partial charge is 0.493 e. The van der Waals surface area contributed by atoms with Crippen LogP contribution in [0.3, 0.4) is 0 Å². The first-order chi connectivity index (χ1) is 11.8. The Morgan fingerprint density at radius 1 is 1.00 bits per heavy atom. The predicted molar refractivity (Wildman–Crippen MR) is 93.1 cm³/mol. The lowest BCUT2D eigenvalue weighted by Gasteiger charge is -2.07. The standard InChI is InChI=1S/C19H20N3O2/c1-23-16-12-11-15(13-17(16)24-2)19-20-18(21-22-19)10-6-9-14-7-4-3-5-8-14/h3-5,7-8,10-13H,6,9H2,1-2H3,(H,20,21,22). The summed E-state index contributed by atoms with van der Waals surface area (Å²) in [6.45, 7) is 0. The lowest BCUT2D eigenvalue weighted by atomic mass is 10.1. The molecule has 1 radical (unpaired) electrons. The van der Waals surface area contributed by atoms with E-state index in [4.69, 9.17) is 9.47 Å². The number of nitrogens with one attached hydrogen (secondary N) is 1. The quantitative estimate of drug-likeness (QED) is 0.721. The average molecular weight is 322 g/mol. The van der Waals surface area contributed by atoms with Gasteiger partial charge in [0.05, 0.1) is 14.2 Å². The Hall–Kier alpha value is -2.82. The van der Waals surface area contributed by atoms with Crippen molar-refractivity contribution in [3.8, 4) is 22.9 Å². The van der Waals surface area contributed by atoms with Crippen LogP contribution in [-0.4, -0.2) is 29.4 Å². The predicted octanol–water partition coefficient (Wildman–Crippen LogP) is 3.67. The smallest absolute Gasteiger partial charge is 0.181 e. The molecule has 24 heavy (non-hydrogen) atoms. The van der Waals surface area contributed by atoms with Crippen molar-refractivity contribution < 1.29 is 9.47 Å². The van der Waals surface area contributed by atoms with E-state index in [0.29, 0.717) is 17.3 Å². The number of methoxy groups -OCH3 is 2. The Bertz CT molecular complexity index is 784. The van der Waals surface area contributed by atoms with Crippen LogP contribution in [0.4, 0.5) is 0 Å². The zero-order valence-electron chi connectivity index (χ0n) is 13.8. The van der Waals surface area contributed by atoms with Crippen LogP contribution in [0.1, 0.15) is 17.8 Å². The molecule has 0 aliphatic carbocycles. The number of rotatable bonds is 7. The first-order valence-corrected chi connectivity index (χ1v) is 7.82. The number of aromatic amines is 1. The topological polar surface area (TPSA) is 60.0 Å². The molecule has 0 atom stereocenters. The zero-order valence-corrected chi connectivity index (χ0v) is 13.8. The summed E-state index contributed by atoms with van der Waals surface area (Å²) >= 11 is 0. The molecule has 3 rings (SSSR count). The maximum Gasteiger partial charge on any atom is 0.181 e. The average Bonchev–Trinajstić information content (AvgIpc) is 3.11. The number of aryl methyl sites for hydroxylation is 1. The number of hydrogen-bond donors (Lipinski definition) is 1. The van der Waals surface area contributed by atoms with Crippen LogP contribution in [0.2, 0.25) is 0 Å². The number of benzene rings is 2. The summed E-state index contributed by atoms with van der Waals surface area (Å²) in [5.74, 6) is 2.76. The minimum Gasteiger partial charge on any atom is -0.493 e. The van der Waals surface area contributed by atoms with Crippen LogP contribution >= 0.6 is 0 Å². The first-order valence-electron chi connectivity index (χ1n) is 7.82. The minimum atomic E-state index is 0.641. The molecule has 1 aromatic heterocycles. The van der Waals surface area contributed by atoms with Gasteiger partial charge in [-0.25, -0.2) is 4.98 Å². The van der Waals surface area contributed by atoms with Gasteiger partial charge in [0.2, 0.25) is 0 Å². The summed E-state index contributed by atoms with van der Waals surface area (Å²) in [6, 6.07) is 16.0. The Morgan fingerprint density at radius 3 is 2.54 bits per heavy atom. The van der Waals surface area contributed by atoms with Crippen LogP contribution in [0.15, 0.2) is 48.5 Å². The summed E-state index contributed by atoms with van der Waals surface area (Å²) in [5, 5.41) is 7.25. The summed E-state index contributed by atoms with van der Waals surface area (Å²) in [7, 11) is 3.23. The van der Waals surface area contributed by atoms with E-state index >= 15 is 0 Å². The fourth-order valence-electron chi connectivity index (χ4n) is 2.49. The Morgan fingerprint density at radius 2 is 1.79 bits per heavy atom. The molecule has 3 aromatic rings. The van der Waals surface area contributed by atoms with Crippen LogP contribution < -0.4 is 9.47 Å². The molecule has 0 amide bonds. The normalized spacial score (nSPS) is 10.6. The minimum absolute atomic E-state index is 0.641. The van der Waals surface area contributed by atoms with Crippen molar-refractivity contribution >= 4 is 0 Å². The van der Waals surface area contributed by atoms with Crippen LogP contribution in [0.25, 0.3) is 11.4 Å². The van der Waals surface area contributed by atoms with Gasteiger partial charge >= 0.3 is 0 Å². The molecule has 0 aliphatic rings. The van der Waals surface area contributed by atoms with Crippen LogP contribution in [0.5, 0.6) is 11.5 Å². The molecule has 1 N–H and O–H groups in total. The first kappa shape index (κ1) is 16.1. The number of ether oxygens (including phenoxy) is 2. The molecule has 5 heteroatoms. The van der Waals surface area contributed by atoms with E-state index in [1.807, 2.05) is 24.3 Å². The highest BCUT2D eigenvalue weighted by Crippen LogP contribution is 2.31. The van der Waals surface area contributed by atoms with E-state index in [0.717, 1.165) is 24.2 Å². The Kier molecular flexibility index (Phi) is 5.11. The third-order valence-electron chi connectivity index (χ3n) is 3.76. The van der Waals surface area contributed by atoms with Gasteiger partial charge in [-0.3, -0.25) is 5.10 Å². The molecule has 0 saturated carbocycles. The Balaban J connectivity index is 1.65. The summed E-state index contributed by atoms with van der Waals surface area (Å²) < 4.78 is 10.6. The van der Waals surface area contributed by atoms with E-state index in [-0.39, 0.29) is 0 Å². The van der Waals surface area contributed by atoms with E-state index in [9.17, 15) is 0 Å². The molecule has 0 spiro atoms. The van der Waals surface area contributed by atoms with Gasteiger partial charge in [-0.1, -0.05) is 30.3 Å². The van der Waals surface area contributed by atoms with E-state index in [1.165, 1.54) is 5.56 Å². The molecule has 0 bridgehead atoms. The zero-order chi connectivity index (χ0) is 16.8. The second-order valence-corrected chi connectivity index (χ2v) is 5.34. The van der Waals surface area contributed by atoms with Crippen LogP contribution in [-0.2, 0) is 6.42 Å². The third-order valence-corrected chi connectivity index (χ3v) is 3.76. The van der Waals surface area contributed by atoms with Crippen molar-refractivity contribution in [3.05, 3.63) is 66.3 Å². The van der Waals surface area contributed by atoms with Crippen LogP contribution in [0, 0.1) is 6.42 Å². The molecular formula is C19H20N3O2. The molecular weight excluding hydrogens is 302 g/mol. The van der Waals surface area contributed by atoms with Crippen molar-refractivity contribution in [1.29, 1.82) is 0 Å². The lowest BCUT2D eigenvalue weighted by molar-refractivity contribution is 0.355. The molecule has 5 nitrogen and oxygen atoms in total. The van der Waals surface area contributed by atoms with Crippen molar-refractivity contribution in [3.63, 3.8) is 0 Å². The number of H-pyrrole nitrogens is 1. The third kappa shape index (κ3) is 3.74. The molecule has 1 heterocycles. The number of aromatic nitrogens is 3. The molecule has 0 saturated heterocycles. The monoisotopic (exact) mass is 322 g/mol.